The van der Waals surface area contributed by atoms with Crippen LogP contribution in [0.5, 0.6) is 11.5 Å². The molecular formula is C15H16N2O5S. The standard InChI is InChI=1S/C15H16N2O5S/c1-2-21-11-7-9-12(10-8-11)23(19,20)22-14-6-4-3-5-13(14)17-15(16)18/h3-10H,2H2,1H3,(H3,16,17,18). The smallest absolute Gasteiger partial charge is 0.339 e. The number of hydrogen-bond acceptors (Lipinski definition) is 5. The van der Waals surface area contributed by atoms with Gasteiger partial charge in [-0.25, -0.2) is 4.79 Å². The minimum Gasteiger partial charge on any atom is -0.494 e. The average molecular weight is 336 g/mol. The molecule has 2 aromatic rings. The summed E-state index contributed by atoms with van der Waals surface area (Å²) in [7, 11) is -4.05. The van der Waals surface area contributed by atoms with Crippen molar-refractivity contribution < 1.29 is 22.1 Å². The van der Waals surface area contributed by atoms with Crippen molar-refractivity contribution in [3.8, 4) is 11.5 Å². The first-order chi connectivity index (χ1) is 10.9. The van der Waals surface area contributed by atoms with Crippen LogP contribution in [0.1, 0.15) is 6.92 Å². The Morgan fingerprint density at radius 2 is 1.78 bits per heavy atom. The van der Waals surface area contributed by atoms with Gasteiger partial charge in [0.05, 0.1) is 12.3 Å². The number of urea groups is 1. The fourth-order valence-corrected chi connectivity index (χ4v) is 2.76. The highest BCUT2D eigenvalue weighted by Gasteiger charge is 2.19. The van der Waals surface area contributed by atoms with E-state index in [1.807, 2.05) is 6.92 Å². The molecule has 122 valence electrons. The van der Waals surface area contributed by atoms with Crippen molar-refractivity contribution in [3.05, 3.63) is 48.5 Å². The molecule has 23 heavy (non-hydrogen) atoms. The summed E-state index contributed by atoms with van der Waals surface area (Å²) in [5, 5.41) is 2.30. The van der Waals surface area contributed by atoms with E-state index >= 15 is 0 Å². The van der Waals surface area contributed by atoms with Crippen LogP contribution in [0, 0.1) is 0 Å². The fourth-order valence-electron chi connectivity index (χ4n) is 1.81. The van der Waals surface area contributed by atoms with Crippen molar-refractivity contribution in [2.75, 3.05) is 11.9 Å². The molecule has 0 aliphatic rings. The van der Waals surface area contributed by atoms with Crippen molar-refractivity contribution in [1.82, 2.24) is 0 Å². The molecule has 8 heteroatoms. The van der Waals surface area contributed by atoms with Crippen LogP contribution in [0.4, 0.5) is 10.5 Å². The zero-order chi connectivity index (χ0) is 16.9. The van der Waals surface area contributed by atoms with E-state index in [1.165, 1.54) is 36.4 Å². The van der Waals surface area contributed by atoms with E-state index in [2.05, 4.69) is 5.32 Å². The molecule has 0 aliphatic carbocycles. The maximum atomic E-state index is 12.3. The van der Waals surface area contributed by atoms with Crippen LogP contribution >= 0.6 is 0 Å². The van der Waals surface area contributed by atoms with Crippen LogP contribution in [0.15, 0.2) is 53.4 Å². The van der Waals surface area contributed by atoms with E-state index in [1.54, 1.807) is 12.1 Å². The molecule has 0 spiro atoms. The highest BCUT2D eigenvalue weighted by atomic mass is 32.2. The largest absolute Gasteiger partial charge is 0.494 e. The van der Waals surface area contributed by atoms with Crippen LogP contribution in [0.3, 0.4) is 0 Å². The topological polar surface area (TPSA) is 108 Å². The molecule has 0 heterocycles. The Morgan fingerprint density at radius 3 is 2.39 bits per heavy atom. The van der Waals surface area contributed by atoms with Gasteiger partial charge in [-0.1, -0.05) is 12.1 Å². The lowest BCUT2D eigenvalue weighted by molar-refractivity contribution is 0.259. The second kappa shape index (κ2) is 7.01. The summed E-state index contributed by atoms with van der Waals surface area (Å²) in [6.45, 7) is 2.31. The molecule has 0 saturated carbocycles. The summed E-state index contributed by atoms with van der Waals surface area (Å²) in [5.41, 5.74) is 5.21. The number of rotatable bonds is 6. The number of carbonyl (C=O) groups excluding carboxylic acids is 1. The number of primary amides is 1. The maximum absolute atomic E-state index is 12.3. The van der Waals surface area contributed by atoms with Gasteiger partial charge in [-0.15, -0.1) is 0 Å². The molecule has 0 atom stereocenters. The van der Waals surface area contributed by atoms with Crippen molar-refractivity contribution >= 4 is 21.8 Å². The fraction of sp³-hybridized carbons (Fsp3) is 0.133. The van der Waals surface area contributed by atoms with Gasteiger partial charge in [-0.3, -0.25) is 0 Å². The second-order valence-corrected chi connectivity index (χ2v) is 5.97. The monoisotopic (exact) mass is 336 g/mol. The van der Waals surface area contributed by atoms with Crippen LogP contribution in [-0.4, -0.2) is 21.1 Å². The quantitative estimate of drug-likeness (QED) is 0.787. The van der Waals surface area contributed by atoms with E-state index in [0.717, 1.165) is 0 Å². The predicted molar refractivity (Wildman–Crippen MR) is 85.1 cm³/mol. The van der Waals surface area contributed by atoms with Gasteiger partial charge in [0, 0.05) is 0 Å². The Kier molecular flexibility index (Phi) is 5.07. The summed E-state index contributed by atoms with van der Waals surface area (Å²) in [6, 6.07) is 11.1. The van der Waals surface area contributed by atoms with Crippen LogP contribution in [0.2, 0.25) is 0 Å². The Labute approximate surface area is 134 Å². The van der Waals surface area contributed by atoms with Crippen molar-refractivity contribution in [2.45, 2.75) is 11.8 Å². The lowest BCUT2D eigenvalue weighted by Crippen LogP contribution is -2.20. The summed E-state index contributed by atoms with van der Waals surface area (Å²) in [4.78, 5) is 10.9. The van der Waals surface area contributed by atoms with Gasteiger partial charge < -0.3 is 20.0 Å². The lowest BCUT2D eigenvalue weighted by Gasteiger charge is -2.11. The van der Waals surface area contributed by atoms with Gasteiger partial charge in [0.25, 0.3) is 0 Å². The summed E-state index contributed by atoms with van der Waals surface area (Å²) < 4.78 is 34.9. The molecule has 0 bridgehead atoms. The van der Waals surface area contributed by atoms with E-state index in [-0.39, 0.29) is 16.3 Å². The summed E-state index contributed by atoms with van der Waals surface area (Å²) >= 11 is 0. The molecule has 0 fully saturated rings. The SMILES string of the molecule is CCOc1ccc(S(=O)(=O)Oc2ccccc2NC(N)=O)cc1. The number of para-hydroxylation sites is 2. The van der Waals surface area contributed by atoms with Crippen LogP contribution in [0.25, 0.3) is 0 Å². The molecule has 0 unspecified atom stereocenters. The van der Waals surface area contributed by atoms with Crippen molar-refractivity contribution in [3.63, 3.8) is 0 Å². The number of benzene rings is 2. The molecule has 0 aliphatic heterocycles. The molecule has 0 saturated heterocycles. The Morgan fingerprint density at radius 1 is 1.13 bits per heavy atom. The number of anilines is 1. The molecular weight excluding hydrogens is 320 g/mol. The number of nitrogens with two attached hydrogens (primary N) is 1. The first-order valence-electron chi connectivity index (χ1n) is 6.75. The summed E-state index contributed by atoms with van der Waals surface area (Å²) in [6.07, 6.45) is 0. The zero-order valence-corrected chi connectivity index (χ0v) is 13.2. The normalized spacial score (nSPS) is 10.8. The highest BCUT2D eigenvalue weighted by molar-refractivity contribution is 7.87. The predicted octanol–water partition coefficient (Wildman–Crippen LogP) is 2.34. The van der Waals surface area contributed by atoms with Crippen LogP contribution in [-0.2, 0) is 10.1 Å². The van der Waals surface area contributed by atoms with Gasteiger partial charge in [-0.2, -0.15) is 8.42 Å². The van der Waals surface area contributed by atoms with E-state index < -0.39 is 16.1 Å². The Balaban J connectivity index is 2.26. The van der Waals surface area contributed by atoms with E-state index in [0.29, 0.717) is 12.4 Å². The van der Waals surface area contributed by atoms with E-state index in [4.69, 9.17) is 14.7 Å². The molecule has 2 rings (SSSR count). The maximum Gasteiger partial charge on any atom is 0.339 e. The molecule has 3 N–H and O–H groups in total. The third-order valence-electron chi connectivity index (χ3n) is 2.77. The first-order valence-corrected chi connectivity index (χ1v) is 8.16. The number of amides is 2. The minimum atomic E-state index is -4.05. The van der Waals surface area contributed by atoms with E-state index in [9.17, 15) is 13.2 Å². The third kappa shape index (κ3) is 4.36. The number of hydrogen-bond donors (Lipinski definition) is 2. The molecule has 2 amide bonds. The lowest BCUT2D eigenvalue weighted by atomic mass is 10.3. The zero-order valence-electron chi connectivity index (χ0n) is 12.4. The number of nitrogens with one attached hydrogen (secondary N) is 1. The third-order valence-corrected chi connectivity index (χ3v) is 4.02. The van der Waals surface area contributed by atoms with Crippen molar-refractivity contribution in [2.24, 2.45) is 5.73 Å². The number of carbonyl (C=O) groups is 1. The van der Waals surface area contributed by atoms with Gasteiger partial charge >= 0.3 is 16.1 Å². The van der Waals surface area contributed by atoms with Gasteiger partial charge in [0.15, 0.2) is 5.75 Å². The first kappa shape index (κ1) is 16.6. The van der Waals surface area contributed by atoms with Crippen molar-refractivity contribution in [1.29, 1.82) is 0 Å². The summed E-state index contributed by atoms with van der Waals surface area (Å²) in [5.74, 6) is 0.530. The Bertz CT molecular complexity index is 788. The minimum absolute atomic E-state index is 0.0276. The van der Waals surface area contributed by atoms with Gasteiger partial charge in [0.1, 0.15) is 10.6 Å². The second-order valence-electron chi connectivity index (χ2n) is 4.43. The Hall–Kier alpha value is -2.74. The molecule has 0 aromatic heterocycles. The van der Waals surface area contributed by atoms with Gasteiger partial charge in [-0.05, 0) is 43.3 Å². The highest BCUT2D eigenvalue weighted by Crippen LogP contribution is 2.27. The average Bonchev–Trinajstić information content (AvgIpc) is 2.49. The molecule has 7 nitrogen and oxygen atoms in total. The number of ether oxygens (including phenoxy) is 1. The van der Waals surface area contributed by atoms with Gasteiger partial charge in [0.2, 0.25) is 0 Å². The molecule has 2 aromatic carbocycles. The molecule has 0 radical (unpaired) electrons. The van der Waals surface area contributed by atoms with Crippen LogP contribution < -0.4 is 20.0 Å².